The molecule has 0 aliphatic rings. The highest BCUT2D eigenvalue weighted by molar-refractivity contribution is 6.30. The molecule has 10 nitrogen and oxygen atoms in total. The van der Waals surface area contributed by atoms with E-state index in [0.717, 1.165) is 5.56 Å². The van der Waals surface area contributed by atoms with Gasteiger partial charge in [0.1, 0.15) is 30.0 Å². The van der Waals surface area contributed by atoms with Gasteiger partial charge in [-0.1, -0.05) is 23.7 Å². The van der Waals surface area contributed by atoms with Gasteiger partial charge in [0.05, 0.1) is 19.4 Å². The van der Waals surface area contributed by atoms with Crippen molar-refractivity contribution in [1.29, 1.82) is 0 Å². The predicted octanol–water partition coefficient (Wildman–Crippen LogP) is 5.55. The molecule has 0 bridgehead atoms. The number of nitrogens with zero attached hydrogens (tertiary/aromatic N) is 4. The van der Waals surface area contributed by atoms with Gasteiger partial charge < -0.3 is 29.5 Å². The maximum Gasteiger partial charge on any atom is 0.342 e. The molecule has 2 amide bonds. The number of halogens is 1. The summed E-state index contributed by atoms with van der Waals surface area (Å²) in [4.78, 5) is 29.4. The first-order valence-electron chi connectivity index (χ1n) is 11.1. The van der Waals surface area contributed by atoms with Gasteiger partial charge in [-0.2, -0.15) is 0 Å². The number of aromatic nitrogens is 2. The molecule has 0 saturated heterocycles. The third-order valence-corrected chi connectivity index (χ3v) is 5.62. The van der Waals surface area contributed by atoms with Gasteiger partial charge in [0.15, 0.2) is 5.82 Å². The lowest BCUT2D eigenvalue weighted by atomic mass is 10.2. The topological polar surface area (TPSA) is 116 Å². The van der Waals surface area contributed by atoms with Crippen LogP contribution in [0.1, 0.15) is 17.1 Å². The summed E-state index contributed by atoms with van der Waals surface area (Å²) in [5.74, 6) is 2.27. The fourth-order valence-corrected chi connectivity index (χ4v) is 3.75. The smallest absolute Gasteiger partial charge is 0.342 e. The lowest BCUT2D eigenvalue weighted by Crippen LogP contribution is -2.40. The van der Waals surface area contributed by atoms with E-state index in [4.69, 9.17) is 20.8 Å². The molecule has 0 spiro atoms. The van der Waals surface area contributed by atoms with Gasteiger partial charge in [-0.15, -0.1) is 0 Å². The minimum atomic E-state index is -0.496. The Labute approximate surface area is 212 Å². The first kappa shape index (κ1) is 24.8. The Morgan fingerprint density at radius 2 is 1.97 bits per heavy atom. The van der Waals surface area contributed by atoms with Gasteiger partial charge >= 0.3 is 11.8 Å². The molecule has 0 aliphatic heterocycles. The van der Waals surface area contributed by atoms with Crippen LogP contribution in [0.25, 0.3) is 0 Å². The molecule has 0 atom stereocenters. The quantitative estimate of drug-likeness (QED) is 0.221. The van der Waals surface area contributed by atoms with Crippen molar-refractivity contribution in [2.45, 2.75) is 26.6 Å². The Morgan fingerprint density at radius 3 is 2.69 bits per heavy atom. The average Bonchev–Trinajstić information content (AvgIpc) is 3.50. The Bertz CT molecular complexity index is 1320. The van der Waals surface area contributed by atoms with Crippen molar-refractivity contribution in [3.8, 4) is 11.5 Å². The second-order valence-electron chi connectivity index (χ2n) is 7.94. The number of ether oxygens (including phenoxy) is 1. The Hall–Kier alpha value is -4.31. The van der Waals surface area contributed by atoms with Crippen LogP contribution in [-0.4, -0.2) is 32.0 Å². The zero-order valence-corrected chi connectivity index (χ0v) is 20.2. The van der Waals surface area contributed by atoms with Crippen LogP contribution in [0, 0.1) is 17.0 Å². The second kappa shape index (κ2) is 11.4. The molecule has 2 heterocycles. The molecule has 4 aromatic rings. The van der Waals surface area contributed by atoms with E-state index in [0.29, 0.717) is 28.1 Å². The highest BCUT2D eigenvalue weighted by Crippen LogP contribution is 2.24. The minimum absolute atomic E-state index is 0.119. The summed E-state index contributed by atoms with van der Waals surface area (Å²) in [5, 5.41) is 14.7. The number of carbonyl (C=O) groups excluding carboxylic acids is 1. The van der Waals surface area contributed by atoms with Crippen LogP contribution in [0.15, 0.2) is 77.5 Å². The maximum atomic E-state index is 13.1. The lowest BCUT2D eigenvalue weighted by molar-refractivity contribution is -0.392. The van der Waals surface area contributed by atoms with Crippen molar-refractivity contribution in [3.63, 3.8) is 0 Å². The number of aryl methyl sites for hydroxylation is 1. The van der Waals surface area contributed by atoms with E-state index >= 15 is 0 Å². The predicted molar refractivity (Wildman–Crippen MR) is 133 cm³/mol. The molecule has 11 heteroatoms. The summed E-state index contributed by atoms with van der Waals surface area (Å²) in [6, 6.07) is 17.7. The molecule has 2 aromatic heterocycles. The molecule has 0 saturated carbocycles. The first-order chi connectivity index (χ1) is 17.4. The summed E-state index contributed by atoms with van der Waals surface area (Å²) in [7, 11) is 0. The van der Waals surface area contributed by atoms with Gasteiger partial charge in [-0.25, -0.2) is 14.3 Å². The molecule has 0 fully saturated rings. The van der Waals surface area contributed by atoms with Crippen LogP contribution in [0.4, 0.5) is 10.6 Å². The van der Waals surface area contributed by atoms with Gasteiger partial charge in [-0.3, -0.25) is 0 Å². The number of hydrogen-bond donors (Lipinski definition) is 1. The van der Waals surface area contributed by atoms with Gasteiger partial charge in [0, 0.05) is 18.5 Å². The van der Waals surface area contributed by atoms with Crippen molar-refractivity contribution >= 4 is 23.4 Å². The number of furan rings is 1. The van der Waals surface area contributed by atoms with Crippen LogP contribution in [-0.2, 0) is 19.6 Å². The molecule has 186 valence electrons. The second-order valence-corrected chi connectivity index (χ2v) is 8.38. The van der Waals surface area contributed by atoms with Crippen molar-refractivity contribution < 1.29 is 18.9 Å². The summed E-state index contributed by atoms with van der Waals surface area (Å²) in [5.41, 5.74) is 0.851. The molecule has 0 unspecified atom stereocenters. The molecule has 2 aromatic carbocycles. The SMILES string of the molecule is Cc1ncc([N+](=O)[O-])n1CCNC(=O)N(Cc1cccc(Oc2ccc(Cl)cc2)c1)Cc1ccco1. The third-order valence-electron chi connectivity index (χ3n) is 5.37. The maximum absolute atomic E-state index is 13.1. The van der Waals surface area contributed by atoms with Crippen LogP contribution in [0.5, 0.6) is 11.5 Å². The van der Waals surface area contributed by atoms with E-state index in [2.05, 4.69) is 10.3 Å². The number of benzene rings is 2. The largest absolute Gasteiger partial charge is 0.467 e. The summed E-state index contributed by atoms with van der Waals surface area (Å²) in [6.45, 7) is 2.61. The van der Waals surface area contributed by atoms with Crippen molar-refractivity contribution in [1.82, 2.24) is 19.8 Å². The van der Waals surface area contributed by atoms with E-state index in [1.807, 2.05) is 24.3 Å². The molecule has 1 N–H and O–H groups in total. The number of urea groups is 1. The number of nitro groups is 1. The van der Waals surface area contributed by atoms with Crippen molar-refractivity contribution in [2.24, 2.45) is 0 Å². The van der Waals surface area contributed by atoms with Crippen molar-refractivity contribution in [2.75, 3.05) is 6.54 Å². The Balaban J connectivity index is 1.43. The number of nitrogens with one attached hydrogen (secondary N) is 1. The Kier molecular flexibility index (Phi) is 7.86. The van der Waals surface area contributed by atoms with Crippen molar-refractivity contribution in [3.05, 3.63) is 105 Å². The van der Waals surface area contributed by atoms with Gasteiger partial charge in [0.2, 0.25) is 0 Å². The van der Waals surface area contributed by atoms with E-state index in [1.165, 1.54) is 10.8 Å². The number of carbonyl (C=O) groups is 1. The molecule has 0 radical (unpaired) electrons. The minimum Gasteiger partial charge on any atom is -0.467 e. The zero-order chi connectivity index (χ0) is 25.5. The fraction of sp³-hybridized carbons (Fsp3) is 0.200. The van der Waals surface area contributed by atoms with Crippen LogP contribution in [0.3, 0.4) is 0 Å². The van der Waals surface area contributed by atoms with E-state index in [-0.39, 0.29) is 38.0 Å². The molecule has 0 aliphatic carbocycles. The standard InChI is InChI=1S/C25H24ClN5O5/c1-18-28-15-24(31(33)34)30(18)12-11-27-25(32)29(17-23-6-3-13-35-23)16-19-4-2-5-22(14-19)36-21-9-7-20(26)8-10-21/h2-10,13-15H,11-12,16-17H2,1H3,(H,27,32). The number of imidazole rings is 1. The number of hydrogen-bond acceptors (Lipinski definition) is 6. The fourth-order valence-electron chi connectivity index (χ4n) is 3.62. The number of amides is 2. The highest BCUT2D eigenvalue weighted by atomic mass is 35.5. The zero-order valence-electron chi connectivity index (χ0n) is 19.5. The van der Waals surface area contributed by atoms with E-state index < -0.39 is 4.92 Å². The molecular formula is C25H24ClN5O5. The molecular weight excluding hydrogens is 486 g/mol. The average molecular weight is 510 g/mol. The monoisotopic (exact) mass is 509 g/mol. The van der Waals surface area contributed by atoms with Crippen LogP contribution < -0.4 is 10.1 Å². The third kappa shape index (κ3) is 6.42. The van der Waals surface area contributed by atoms with Crippen LogP contribution in [0.2, 0.25) is 5.02 Å². The number of rotatable bonds is 10. The van der Waals surface area contributed by atoms with Gasteiger partial charge in [0.25, 0.3) is 0 Å². The highest BCUT2D eigenvalue weighted by Gasteiger charge is 2.19. The first-order valence-corrected chi connectivity index (χ1v) is 11.5. The summed E-state index contributed by atoms with van der Waals surface area (Å²) in [6.07, 6.45) is 2.76. The lowest BCUT2D eigenvalue weighted by Gasteiger charge is -2.22. The van der Waals surface area contributed by atoms with E-state index in [1.54, 1.807) is 54.5 Å². The normalized spacial score (nSPS) is 10.7. The summed E-state index contributed by atoms with van der Waals surface area (Å²) < 4.78 is 12.8. The molecule has 4 rings (SSSR count). The molecule has 36 heavy (non-hydrogen) atoms. The van der Waals surface area contributed by atoms with Gasteiger partial charge in [-0.05, 0) is 59.0 Å². The summed E-state index contributed by atoms with van der Waals surface area (Å²) >= 11 is 5.94. The van der Waals surface area contributed by atoms with Crippen LogP contribution >= 0.6 is 11.6 Å². The Morgan fingerprint density at radius 1 is 1.17 bits per heavy atom. The van der Waals surface area contributed by atoms with E-state index in [9.17, 15) is 14.9 Å².